The van der Waals surface area contributed by atoms with Gasteiger partial charge in [0.2, 0.25) is 5.90 Å². The molecule has 2 heterocycles. The summed E-state index contributed by atoms with van der Waals surface area (Å²) in [5, 5.41) is 11.1. The number of aliphatic hydroxyl groups excluding tert-OH is 1. The molecule has 3 rings (SSSR count). The monoisotopic (exact) mass is 383 g/mol. The molecule has 0 amide bonds. The van der Waals surface area contributed by atoms with Crippen molar-refractivity contribution in [3.05, 3.63) is 34.9 Å². The number of hydrogen-bond acceptors (Lipinski definition) is 8. The molecule has 0 aliphatic carbocycles. The number of nitrogens with zero attached hydrogens (tertiary/aromatic N) is 1. The van der Waals surface area contributed by atoms with Crippen LogP contribution in [-0.2, 0) is 28.5 Å². The highest BCUT2D eigenvalue weighted by Crippen LogP contribution is 2.33. The molecule has 0 spiro atoms. The van der Waals surface area contributed by atoms with Crippen LogP contribution in [0.25, 0.3) is 0 Å². The SMILES string of the molecule is CC(=O)OC[C@H]1O[C@@H]2N=C(c3ccccc3Cl)O[C@@H]2[C@@H](O)[C@@H]1OC(C)=O. The van der Waals surface area contributed by atoms with Gasteiger partial charge in [0, 0.05) is 13.8 Å². The average molecular weight is 384 g/mol. The van der Waals surface area contributed by atoms with E-state index in [1.54, 1.807) is 24.3 Å². The summed E-state index contributed by atoms with van der Waals surface area (Å²) in [6.07, 6.45) is -4.88. The van der Waals surface area contributed by atoms with E-state index in [9.17, 15) is 14.7 Å². The lowest BCUT2D eigenvalue weighted by molar-refractivity contribution is -0.228. The van der Waals surface area contributed by atoms with Crippen LogP contribution in [0.3, 0.4) is 0 Å². The number of aliphatic imine (C=N–C) groups is 1. The zero-order valence-corrected chi connectivity index (χ0v) is 14.9. The molecule has 0 saturated carbocycles. The molecule has 1 fully saturated rings. The molecule has 0 radical (unpaired) electrons. The predicted octanol–water partition coefficient (Wildman–Crippen LogP) is 1.07. The van der Waals surface area contributed by atoms with Gasteiger partial charge < -0.3 is 24.1 Å². The van der Waals surface area contributed by atoms with Crippen LogP contribution < -0.4 is 0 Å². The molecular weight excluding hydrogens is 366 g/mol. The molecule has 8 nitrogen and oxygen atoms in total. The van der Waals surface area contributed by atoms with Crippen LogP contribution in [0, 0.1) is 0 Å². The van der Waals surface area contributed by atoms with E-state index in [1.165, 1.54) is 13.8 Å². The van der Waals surface area contributed by atoms with Gasteiger partial charge >= 0.3 is 11.9 Å². The molecular formula is C17H18ClNO7. The lowest BCUT2D eigenvalue weighted by Gasteiger charge is -2.39. The molecule has 1 N–H and O–H groups in total. The Hall–Kier alpha value is -2.16. The molecule has 0 aromatic heterocycles. The van der Waals surface area contributed by atoms with E-state index in [4.69, 9.17) is 30.5 Å². The van der Waals surface area contributed by atoms with E-state index < -0.39 is 42.6 Å². The van der Waals surface area contributed by atoms with Crippen molar-refractivity contribution in [2.45, 2.75) is 44.5 Å². The summed E-state index contributed by atoms with van der Waals surface area (Å²) in [7, 11) is 0. The summed E-state index contributed by atoms with van der Waals surface area (Å²) >= 11 is 6.16. The van der Waals surface area contributed by atoms with E-state index in [1.807, 2.05) is 0 Å². The smallest absolute Gasteiger partial charge is 0.303 e. The van der Waals surface area contributed by atoms with E-state index in [0.717, 1.165) is 0 Å². The Bertz CT molecular complexity index is 738. The fraction of sp³-hybridized carbons (Fsp3) is 0.471. The van der Waals surface area contributed by atoms with Gasteiger partial charge in [0.25, 0.3) is 0 Å². The second kappa shape index (κ2) is 7.61. The third kappa shape index (κ3) is 3.82. The fourth-order valence-electron chi connectivity index (χ4n) is 2.85. The average Bonchev–Trinajstić information content (AvgIpc) is 3.00. The number of benzene rings is 1. The summed E-state index contributed by atoms with van der Waals surface area (Å²) in [6, 6.07) is 6.96. The number of halogens is 1. The Morgan fingerprint density at radius 2 is 2.00 bits per heavy atom. The minimum absolute atomic E-state index is 0.190. The largest absolute Gasteiger partial charge is 0.466 e. The van der Waals surface area contributed by atoms with Gasteiger partial charge in [-0.15, -0.1) is 0 Å². The van der Waals surface area contributed by atoms with Crippen LogP contribution in [0.2, 0.25) is 5.02 Å². The lowest BCUT2D eigenvalue weighted by Crippen LogP contribution is -2.59. The van der Waals surface area contributed by atoms with Crippen LogP contribution in [0.4, 0.5) is 0 Å². The third-order valence-corrected chi connectivity index (χ3v) is 4.31. The van der Waals surface area contributed by atoms with Crippen LogP contribution in [0.15, 0.2) is 29.3 Å². The fourth-order valence-corrected chi connectivity index (χ4v) is 3.07. The first-order valence-corrected chi connectivity index (χ1v) is 8.38. The van der Waals surface area contributed by atoms with Crippen molar-refractivity contribution in [3.63, 3.8) is 0 Å². The Morgan fingerprint density at radius 1 is 1.27 bits per heavy atom. The van der Waals surface area contributed by atoms with Gasteiger partial charge in [-0.25, -0.2) is 4.99 Å². The second-order valence-corrected chi connectivity index (χ2v) is 6.34. The zero-order chi connectivity index (χ0) is 18.8. The summed E-state index contributed by atoms with van der Waals surface area (Å²) in [5.74, 6) is -0.900. The minimum Gasteiger partial charge on any atom is -0.466 e. The maximum absolute atomic E-state index is 11.4. The van der Waals surface area contributed by atoms with Gasteiger partial charge in [0.15, 0.2) is 18.4 Å². The Balaban J connectivity index is 1.83. The van der Waals surface area contributed by atoms with Gasteiger partial charge in [-0.1, -0.05) is 23.7 Å². The van der Waals surface area contributed by atoms with Crippen molar-refractivity contribution in [2.24, 2.45) is 4.99 Å². The van der Waals surface area contributed by atoms with Crippen molar-refractivity contribution < 1.29 is 33.6 Å². The number of carbonyl (C=O) groups excluding carboxylic acids is 2. The first-order valence-electron chi connectivity index (χ1n) is 8.00. The van der Waals surface area contributed by atoms with Crippen molar-refractivity contribution in [1.82, 2.24) is 0 Å². The quantitative estimate of drug-likeness (QED) is 0.775. The van der Waals surface area contributed by atoms with Gasteiger partial charge in [-0.2, -0.15) is 0 Å². The molecule has 26 heavy (non-hydrogen) atoms. The molecule has 1 aromatic carbocycles. The molecule has 9 heteroatoms. The van der Waals surface area contributed by atoms with Gasteiger partial charge in [-0.3, -0.25) is 9.59 Å². The van der Waals surface area contributed by atoms with E-state index in [2.05, 4.69) is 4.99 Å². The van der Waals surface area contributed by atoms with Crippen molar-refractivity contribution >= 4 is 29.4 Å². The van der Waals surface area contributed by atoms with Gasteiger partial charge in [0.1, 0.15) is 18.8 Å². The number of rotatable bonds is 4. The normalized spacial score (nSPS) is 30.0. The number of hydrogen-bond donors (Lipinski definition) is 1. The highest BCUT2D eigenvalue weighted by Gasteiger charge is 2.52. The van der Waals surface area contributed by atoms with Crippen LogP contribution in [0.5, 0.6) is 0 Å². The number of aliphatic hydroxyl groups is 1. The summed E-state index contributed by atoms with van der Waals surface area (Å²) in [6.45, 7) is 2.27. The van der Waals surface area contributed by atoms with Gasteiger partial charge in [-0.05, 0) is 12.1 Å². The van der Waals surface area contributed by atoms with E-state index in [0.29, 0.717) is 10.6 Å². The lowest BCUT2D eigenvalue weighted by atomic mass is 9.98. The van der Waals surface area contributed by atoms with Crippen LogP contribution in [-0.4, -0.2) is 60.2 Å². The van der Waals surface area contributed by atoms with E-state index >= 15 is 0 Å². The molecule has 5 atom stereocenters. The highest BCUT2D eigenvalue weighted by atomic mass is 35.5. The van der Waals surface area contributed by atoms with E-state index in [-0.39, 0.29) is 12.5 Å². The number of fused-ring (bicyclic) bond motifs is 1. The molecule has 0 unspecified atom stereocenters. The maximum atomic E-state index is 11.4. The van der Waals surface area contributed by atoms with Crippen molar-refractivity contribution in [2.75, 3.05) is 6.61 Å². The molecule has 1 saturated heterocycles. The van der Waals surface area contributed by atoms with Crippen molar-refractivity contribution in [1.29, 1.82) is 0 Å². The molecule has 1 aromatic rings. The number of esters is 2. The highest BCUT2D eigenvalue weighted by molar-refractivity contribution is 6.33. The zero-order valence-electron chi connectivity index (χ0n) is 14.1. The minimum atomic E-state index is -1.22. The molecule has 0 bridgehead atoms. The first-order chi connectivity index (χ1) is 12.4. The van der Waals surface area contributed by atoms with Crippen LogP contribution >= 0.6 is 11.6 Å². The third-order valence-electron chi connectivity index (χ3n) is 3.98. The summed E-state index contributed by atoms with van der Waals surface area (Å²) in [5.41, 5.74) is 0.555. The summed E-state index contributed by atoms with van der Waals surface area (Å²) in [4.78, 5) is 26.8. The molecule has 2 aliphatic heterocycles. The first kappa shape index (κ1) is 18.6. The number of carbonyl (C=O) groups is 2. The molecule has 140 valence electrons. The van der Waals surface area contributed by atoms with Crippen LogP contribution in [0.1, 0.15) is 19.4 Å². The number of ether oxygens (including phenoxy) is 4. The van der Waals surface area contributed by atoms with Crippen molar-refractivity contribution in [3.8, 4) is 0 Å². The Kier molecular flexibility index (Phi) is 5.45. The second-order valence-electron chi connectivity index (χ2n) is 5.93. The topological polar surface area (TPSA) is 104 Å². The standard InChI is InChI=1S/C17H18ClNO7/c1-8(20)23-7-12-14(24-9(2)21)13(22)15-17(25-12)19-16(26-15)10-5-3-4-6-11(10)18/h3-6,12-15,17,22H,7H2,1-2H3/t12-,13+,14-,15-,17+/m1/s1. The Labute approximate surface area is 154 Å². The van der Waals surface area contributed by atoms with Gasteiger partial charge in [0.05, 0.1) is 10.6 Å². The Morgan fingerprint density at radius 3 is 2.65 bits per heavy atom. The maximum Gasteiger partial charge on any atom is 0.303 e. The summed E-state index contributed by atoms with van der Waals surface area (Å²) < 4.78 is 21.6. The predicted molar refractivity (Wildman–Crippen MR) is 89.7 cm³/mol. The molecule has 2 aliphatic rings.